The van der Waals surface area contributed by atoms with Crippen molar-refractivity contribution in [2.45, 2.75) is 32.2 Å². The first-order chi connectivity index (χ1) is 9.52. The number of hydrogen-bond acceptors (Lipinski definition) is 2. The molecule has 1 aromatic rings. The molecule has 1 heterocycles. The summed E-state index contributed by atoms with van der Waals surface area (Å²) < 4.78 is 13.3. The van der Waals surface area contributed by atoms with Crippen LogP contribution in [0.25, 0.3) is 0 Å². The van der Waals surface area contributed by atoms with E-state index in [4.69, 9.17) is 5.11 Å². The Balaban J connectivity index is 2.12. The fourth-order valence-corrected chi connectivity index (χ4v) is 2.49. The molecule has 20 heavy (non-hydrogen) atoms. The second kappa shape index (κ2) is 5.90. The van der Waals surface area contributed by atoms with Gasteiger partial charge in [0, 0.05) is 18.3 Å². The van der Waals surface area contributed by atoms with Crippen LogP contribution in [0.5, 0.6) is 0 Å². The van der Waals surface area contributed by atoms with E-state index in [2.05, 4.69) is 5.32 Å². The number of nitrogens with one attached hydrogen (secondary N) is 1. The number of likely N-dealkylation sites (tertiary alicyclic amines) is 1. The van der Waals surface area contributed by atoms with Crippen molar-refractivity contribution in [2.24, 2.45) is 0 Å². The van der Waals surface area contributed by atoms with Crippen molar-refractivity contribution in [3.63, 3.8) is 0 Å². The summed E-state index contributed by atoms with van der Waals surface area (Å²) in [6.45, 7) is 2.72. The lowest BCUT2D eigenvalue weighted by Crippen LogP contribution is -2.38. The van der Waals surface area contributed by atoms with Gasteiger partial charge in [0.05, 0.1) is 5.56 Å². The standard InChI is InChI=1S/C14H17FN2O3/c1-2-10-4-3-7-17(10)14(20)16-9-5-6-12(15)11(8-9)13(18)19/h5-6,8,10H,2-4,7H2,1H3,(H,16,20)(H,18,19). The molecule has 1 saturated heterocycles. The van der Waals surface area contributed by atoms with Crippen molar-refractivity contribution < 1.29 is 19.1 Å². The third kappa shape index (κ3) is 2.89. The normalized spacial score (nSPS) is 18.1. The van der Waals surface area contributed by atoms with Crippen molar-refractivity contribution in [1.29, 1.82) is 0 Å². The number of anilines is 1. The molecule has 2 N–H and O–H groups in total. The van der Waals surface area contributed by atoms with Crippen molar-refractivity contribution in [3.05, 3.63) is 29.6 Å². The van der Waals surface area contributed by atoms with Crippen molar-refractivity contribution in [1.82, 2.24) is 4.90 Å². The lowest BCUT2D eigenvalue weighted by Gasteiger charge is -2.24. The zero-order chi connectivity index (χ0) is 14.7. The van der Waals surface area contributed by atoms with Crippen LogP contribution in [0.2, 0.25) is 0 Å². The van der Waals surface area contributed by atoms with E-state index in [1.165, 1.54) is 6.07 Å². The minimum Gasteiger partial charge on any atom is -0.478 e. The summed E-state index contributed by atoms with van der Waals surface area (Å²) in [6.07, 6.45) is 2.83. The zero-order valence-electron chi connectivity index (χ0n) is 11.2. The van der Waals surface area contributed by atoms with E-state index in [-0.39, 0.29) is 17.8 Å². The molecule has 0 aromatic heterocycles. The number of amides is 2. The number of rotatable bonds is 3. The number of urea groups is 1. The minimum atomic E-state index is -1.36. The summed E-state index contributed by atoms with van der Waals surface area (Å²) in [7, 11) is 0. The SMILES string of the molecule is CCC1CCCN1C(=O)Nc1ccc(F)c(C(=O)O)c1. The van der Waals surface area contributed by atoms with Crippen molar-refractivity contribution in [2.75, 3.05) is 11.9 Å². The van der Waals surface area contributed by atoms with E-state index in [1.54, 1.807) is 4.90 Å². The molecular formula is C14H17FN2O3. The van der Waals surface area contributed by atoms with Gasteiger partial charge in [-0.25, -0.2) is 14.0 Å². The molecule has 0 spiro atoms. The van der Waals surface area contributed by atoms with Gasteiger partial charge in [-0.3, -0.25) is 0 Å². The molecule has 0 saturated carbocycles. The van der Waals surface area contributed by atoms with Crippen LogP contribution < -0.4 is 5.32 Å². The van der Waals surface area contributed by atoms with E-state index in [0.717, 1.165) is 31.4 Å². The van der Waals surface area contributed by atoms with Gasteiger partial charge in [-0.1, -0.05) is 6.92 Å². The molecule has 0 bridgehead atoms. The number of carboxylic acids is 1. The van der Waals surface area contributed by atoms with Gasteiger partial charge in [-0.2, -0.15) is 0 Å². The smallest absolute Gasteiger partial charge is 0.338 e. The minimum absolute atomic E-state index is 0.217. The molecule has 1 fully saturated rings. The third-order valence-corrected chi connectivity index (χ3v) is 3.56. The molecule has 0 radical (unpaired) electrons. The number of benzene rings is 1. The van der Waals surface area contributed by atoms with E-state index in [0.29, 0.717) is 6.54 Å². The predicted octanol–water partition coefficient (Wildman–Crippen LogP) is 2.93. The number of carbonyl (C=O) groups is 2. The highest BCUT2D eigenvalue weighted by Crippen LogP contribution is 2.22. The maximum atomic E-state index is 13.3. The van der Waals surface area contributed by atoms with Gasteiger partial charge in [-0.15, -0.1) is 0 Å². The Bertz CT molecular complexity index is 533. The van der Waals surface area contributed by atoms with Crippen LogP contribution >= 0.6 is 0 Å². The van der Waals surface area contributed by atoms with Crippen LogP contribution in [0, 0.1) is 5.82 Å². The quantitative estimate of drug-likeness (QED) is 0.894. The van der Waals surface area contributed by atoms with Crippen LogP contribution in [-0.2, 0) is 0 Å². The number of halogens is 1. The highest BCUT2D eigenvalue weighted by molar-refractivity contribution is 5.93. The summed E-state index contributed by atoms with van der Waals surface area (Å²) in [5, 5.41) is 11.5. The summed E-state index contributed by atoms with van der Waals surface area (Å²) in [4.78, 5) is 24.7. The number of aromatic carboxylic acids is 1. The molecule has 1 atom stereocenters. The second-order valence-corrected chi connectivity index (χ2v) is 4.83. The Morgan fingerprint density at radius 1 is 1.50 bits per heavy atom. The molecule has 5 nitrogen and oxygen atoms in total. The van der Waals surface area contributed by atoms with E-state index in [9.17, 15) is 14.0 Å². The van der Waals surface area contributed by atoms with E-state index >= 15 is 0 Å². The van der Waals surface area contributed by atoms with Gasteiger partial charge < -0.3 is 15.3 Å². The number of carboxylic acid groups (broad SMARTS) is 1. The summed E-state index contributed by atoms with van der Waals surface area (Å²) in [5.74, 6) is -2.17. The first kappa shape index (κ1) is 14.3. The van der Waals surface area contributed by atoms with Crippen molar-refractivity contribution in [3.8, 4) is 0 Å². The Labute approximate surface area is 116 Å². The Kier molecular flexibility index (Phi) is 4.22. The number of nitrogens with zero attached hydrogens (tertiary/aromatic N) is 1. The Hall–Kier alpha value is -2.11. The molecule has 2 amide bonds. The maximum absolute atomic E-state index is 13.3. The molecule has 1 aromatic carbocycles. The zero-order valence-corrected chi connectivity index (χ0v) is 11.2. The molecule has 0 aliphatic carbocycles. The van der Waals surface area contributed by atoms with E-state index < -0.39 is 17.3 Å². The molecule has 108 valence electrons. The van der Waals surface area contributed by atoms with Gasteiger partial charge >= 0.3 is 12.0 Å². The van der Waals surface area contributed by atoms with Crippen LogP contribution in [-0.4, -0.2) is 34.6 Å². The summed E-state index contributed by atoms with van der Waals surface area (Å²) in [6, 6.07) is 3.48. The monoisotopic (exact) mass is 280 g/mol. The first-order valence-corrected chi connectivity index (χ1v) is 6.63. The van der Waals surface area contributed by atoms with Crippen LogP contribution in [0.1, 0.15) is 36.5 Å². The summed E-state index contributed by atoms with van der Waals surface area (Å²) >= 11 is 0. The van der Waals surface area contributed by atoms with Gasteiger partial charge in [-0.05, 0) is 37.5 Å². The van der Waals surface area contributed by atoms with Crippen molar-refractivity contribution >= 4 is 17.7 Å². The predicted molar refractivity (Wildman–Crippen MR) is 72.4 cm³/mol. The topological polar surface area (TPSA) is 69.6 Å². The highest BCUT2D eigenvalue weighted by Gasteiger charge is 2.27. The summed E-state index contributed by atoms with van der Waals surface area (Å²) in [5.41, 5.74) is -0.160. The lowest BCUT2D eigenvalue weighted by atomic mass is 10.2. The van der Waals surface area contributed by atoms with Gasteiger partial charge in [0.15, 0.2) is 0 Å². The number of hydrogen-bond donors (Lipinski definition) is 2. The second-order valence-electron chi connectivity index (χ2n) is 4.83. The van der Waals surface area contributed by atoms with Crippen LogP contribution in [0.3, 0.4) is 0 Å². The molecule has 1 aliphatic rings. The Morgan fingerprint density at radius 3 is 2.90 bits per heavy atom. The lowest BCUT2D eigenvalue weighted by molar-refractivity contribution is 0.0692. The molecule has 1 unspecified atom stereocenters. The van der Waals surface area contributed by atoms with Gasteiger partial charge in [0.1, 0.15) is 5.82 Å². The highest BCUT2D eigenvalue weighted by atomic mass is 19.1. The largest absolute Gasteiger partial charge is 0.478 e. The Morgan fingerprint density at radius 2 is 2.25 bits per heavy atom. The van der Waals surface area contributed by atoms with Gasteiger partial charge in [0.2, 0.25) is 0 Å². The molecular weight excluding hydrogens is 263 g/mol. The fraction of sp³-hybridized carbons (Fsp3) is 0.429. The van der Waals surface area contributed by atoms with Crippen LogP contribution in [0.15, 0.2) is 18.2 Å². The average molecular weight is 280 g/mol. The molecule has 1 aliphatic heterocycles. The van der Waals surface area contributed by atoms with Crippen LogP contribution in [0.4, 0.5) is 14.9 Å². The fourth-order valence-electron chi connectivity index (χ4n) is 2.49. The maximum Gasteiger partial charge on any atom is 0.338 e. The first-order valence-electron chi connectivity index (χ1n) is 6.63. The number of carbonyl (C=O) groups excluding carboxylic acids is 1. The third-order valence-electron chi connectivity index (χ3n) is 3.56. The molecule has 6 heteroatoms. The van der Waals surface area contributed by atoms with E-state index in [1.807, 2.05) is 6.92 Å². The van der Waals surface area contributed by atoms with Gasteiger partial charge in [0.25, 0.3) is 0 Å². The average Bonchev–Trinajstić information content (AvgIpc) is 2.89. The molecule has 2 rings (SSSR count).